The first-order valence-corrected chi connectivity index (χ1v) is 9.09. The van der Waals surface area contributed by atoms with E-state index in [2.05, 4.69) is 77.1 Å². The van der Waals surface area contributed by atoms with Crippen LogP contribution in [0.3, 0.4) is 0 Å². The van der Waals surface area contributed by atoms with Gasteiger partial charge in [0.2, 0.25) is 0 Å². The van der Waals surface area contributed by atoms with Crippen LogP contribution in [0.15, 0.2) is 51.8 Å². The molecule has 1 aliphatic heterocycles. The Bertz CT molecular complexity index is 647. The van der Waals surface area contributed by atoms with E-state index in [-0.39, 0.29) is 0 Å². The number of para-hydroxylation sites is 1. The molecule has 0 amide bonds. The molecule has 1 nitrogen and oxygen atoms in total. The number of rotatable bonds is 1. The van der Waals surface area contributed by atoms with Crippen LogP contribution >= 0.6 is 39.3 Å². The average molecular weight is 383 g/mol. The predicted octanol–water partition coefficient (Wildman–Crippen LogP) is 6.37. The lowest BCUT2D eigenvalue weighted by Gasteiger charge is -2.27. The highest BCUT2D eigenvalue weighted by atomic mass is 79.9. The molecular formula is C17H17BrClNS. The van der Waals surface area contributed by atoms with E-state index in [1.165, 1.54) is 16.3 Å². The van der Waals surface area contributed by atoms with Crippen molar-refractivity contribution in [3.63, 3.8) is 0 Å². The molecule has 110 valence electrons. The predicted molar refractivity (Wildman–Crippen MR) is 97.1 cm³/mol. The summed E-state index contributed by atoms with van der Waals surface area (Å²) in [7, 11) is 0. The van der Waals surface area contributed by atoms with Crippen molar-refractivity contribution in [2.24, 2.45) is 5.92 Å². The monoisotopic (exact) mass is 381 g/mol. The largest absolute Gasteiger partial charge is 0.340 e. The van der Waals surface area contributed by atoms with Crippen molar-refractivity contribution >= 4 is 50.7 Å². The highest BCUT2D eigenvalue weighted by molar-refractivity contribution is 9.10. The Hall–Kier alpha value is -0.640. The maximum atomic E-state index is 6.34. The Morgan fingerprint density at radius 2 is 1.90 bits per heavy atom. The number of thioether (sulfide) groups is 1. The molecule has 0 N–H and O–H groups in total. The van der Waals surface area contributed by atoms with Crippen LogP contribution in [-0.2, 0) is 0 Å². The first-order valence-electron chi connectivity index (χ1n) is 7.04. The molecule has 2 aromatic rings. The van der Waals surface area contributed by atoms with Gasteiger partial charge in [-0.3, -0.25) is 0 Å². The smallest absolute Gasteiger partial charge is 0.0569 e. The van der Waals surface area contributed by atoms with Crippen molar-refractivity contribution < 1.29 is 0 Å². The van der Waals surface area contributed by atoms with Gasteiger partial charge in [-0.15, -0.1) is 11.8 Å². The molecule has 21 heavy (non-hydrogen) atoms. The number of hydrogen-bond acceptors (Lipinski definition) is 2. The van der Waals surface area contributed by atoms with Crippen LogP contribution in [0, 0.1) is 5.92 Å². The van der Waals surface area contributed by atoms with Crippen molar-refractivity contribution in [2.45, 2.75) is 24.0 Å². The van der Waals surface area contributed by atoms with Crippen molar-refractivity contribution in [3.05, 3.63) is 52.0 Å². The van der Waals surface area contributed by atoms with Crippen LogP contribution < -0.4 is 4.90 Å². The van der Waals surface area contributed by atoms with Gasteiger partial charge in [-0.05, 0) is 46.1 Å². The number of fused-ring (bicyclic) bond motifs is 1. The first kappa shape index (κ1) is 15.3. The minimum atomic E-state index is 0.575. The number of nitrogens with zero attached hydrogens (tertiary/aromatic N) is 1. The summed E-state index contributed by atoms with van der Waals surface area (Å²) < 4.78 is 0.963. The summed E-state index contributed by atoms with van der Waals surface area (Å²) in [4.78, 5) is 3.67. The quantitative estimate of drug-likeness (QED) is 0.563. The van der Waals surface area contributed by atoms with E-state index in [1.807, 2.05) is 11.8 Å². The molecule has 0 bridgehead atoms. The molecular weight excluding hydrogens is 366 g/mol. The summed E-state index contributed by atoms with van der Waals surface area (Å²) in [5, 5.41) is 1.34. The van der Waals surface area contributed by atoms with E-state index in [0.29, 0.717) is 11.2 Å². The maximum absolute atomic E-state index is 6.34. The normalized spacial score (nSPS) is 21.8. The van der Waals surface area contributed by atoms with Gasteiger partial charge in [0.05, 0.1) is 10.7 Å². The van der Waals surface area contributed by atoms with Gasteiger partial charge in [-0.2, -0.15) is 0 Å². The van der Waals surface area contributed by atoms with E-state index < -0.39 is 0 Å². The van der Waals surface area contributed by atoms with Crippen LogP contribution in [0.25, 0.3) is 0 Å². The molecule has 0 spiro atoms. The summed E-state index contributed by atoms with van der Waals surface area (Å²) in [6, 6.07) is 14.8. The fourth-order valence-electron chi connectivity index (χ4n) is 2.53. The van der Waals surface area contributed by atoms with E-state index in [9.17, 15) is 0 Å². The number of anilines is 2. The van der Waals surface area contributed by atoms with Gasteiger partial charge in [0, 0.05) is 26.9 Å². The Morgan fingerprint density at radius 1 is 1.19 bits per heavy atom. The molecule has 3 rings (SSSR count). The van der Waals surface area contributed by atoms with Crippen LogP contribution in [0.1, 0.15) is 13.8 Å². The number of benzene rings is 2. The third-order valence-electron chi connectivity index (χ3n) is 3.95. The van der Waals surface area contributed by atoms with E-state index >= 15 is 0 Å². The van der Waals surface area contributed by atoms with Crippen molar-refractivity contribution in [1.82, 2.24) is 0 Å². The SMILES string of the molecule is CC1Sc2cc(Br)c(Cl)cc2N(c2ccccc2)C[C@H]1C. The lowest BCUT2D eigenvalue weighted by atomic mass is 10.1. The molecule has 1 unspecified atom stereocenters. The van der Waals surface area contributed by atoms with Gasteiger partial charge in [-0.25, -0.2) is 0 Å². The highest BCUT2D eigenvalue weighted by Gasteiger charge is 2.26. The zero-order chi connectivity index (χ0) is 15.0. The minimum Gasteiger partial charge on any atom is -0.340 e. The average Bonchev–Trinajstić information content (AvgIpc) is 2.59. The van der Waals surface area contributed by atoms with E-state index in [1.54, 1.807) is 0 Å². The second kappa shape index (κ2) is 6.23. The van der Waals surface area contributed by atoms with Gasteiger partial charge < -0.3 is 4.90 Å². The van der Waals surface area contributed by atoms with Gasteiger partial charge in [-0.1, -0.05) is 43.6 Å². The van der Waals surface area contributed by atoms with Gasteiger partial charge in [0.25, 0.3) is 0 Å². The number of halogens is 2. The minimum absolute atomic E-state index is 0.575. The van der Waals surface area contributed by atoms with Crippen LogP contribution in [0.4, 0.5) is 11.4 Å². The topological polar surface area (TPSA) is 3.24 Å². The van der Waals surface area contributed by atoms with Crippen LogP contribution in [0.5, 0.6) is 0 Å². The zero-order valence-electron chi connectivity index (χ0n) is 12.0. The molecule has 0 saturated heterocycles. The third kappa shape index (κ3) is 3.10. The van der Waals surface area contributed by atoms with Gasteiger partial charge in [0.15, 0.2) is 0 Å². The summed E-state index contributed by atoms with van der Waals surface area (Å²) in [6.45, 7) is 5.62. The second-order valence-corrected chi connectivity index (χ2v) is 8.16. The van der Waals surface area contributed by atoms with E-state index in [0.717, 1.165) is 16.0 Å². The third-order valence-corrected chi connectivity index (χ3v) is 6.56. The number of hydrogen-bond donors (Lipinski definition) is 0. The standard InChI is InChI=1S/C17H17BrClNS/c1-11-10-20(13-6-4-3-5-7-13)16-9-15(19)14(18)8-17(16)21-12(11)2/h3-9,11-12H,10H2,1-2H3/t11-,12?/m1/s1. The Labute approximate surface area is 143 Å². The Balaban J connectivity index is 2.14. The van der Waals surface area contributed by atoms with Gasteiger partial charge >= 0.3 is 0 Å². The Morgan fingerprint density at radius 3 is 2.62 bits per heavy atom. The molecule has 0 aliphatic carbocycles. The van der Waals surface area contributed by atoms with Crippen molar-refractivity contribution in [1.29, 1.82) is 0 Å². The lowest BCUT2D eigenvalue weighted by molar-refractivity contribution is 0.586. The lowest BCUT2D eigenvalue weighted by Crippen LogP contribution is -2.26. The Kier molecular flexibility index (Phi) is 4.53. The first-order chi connectivity index (χ1) is 10.1. The summed E-state index contributed by atoms with van der Waals surface area (Å²) >= 11 is 11.8. The molecule has 0 fully saturated rings. The molecule has 0 aromatic heterocycles. The van der Waals surface area contributed by atoms with Gasteiger partial charge in [0.1, 0.15) is 0 Å². The molecule has 0 saturated carbocycles. The summed E-state index contributed by atoms with van der Waals surface area (Å²) in [5.74, 6) is 0.597. The van der Waals surface area contributed by atoms with E-state index in [4.69, 9.17) is 11.6 Å². The van der Waals surface area contributed by atoms with Crippen molar-refractivity contribution in [2.75, 3.05) is 11.4 Å². The fourth-order valence-corrected chi connectivity index (χ4v) is 4.37. The van der Waals surface area contributed by atoms with Crippen LogP contribution in [0.2, 0.25) is 5.02 Å². The maximum Gasteiger partial charge on any atom is 0.0569 e. The molecule has 2 aromatic carbocycles. The molecule has 2 atom stereocenters. The summed E-state index contributed by atoms with van der Waals surface area (Å²) in [6.07, 6.45) is 0. The fraction of sp³-hybridized carbons (Fsp3) is 0.294. The molecule has 1 aliphatic rings. The van der Waals surface area contributed by atoms with Crippen LogP contribution in [-0.4, -0.2) is 11.8 Å². The molecule has 1 heterocycles. The zero-order valence-corrected chi connectivity index (χ0v) is 15.2. The highest BCUT2D eigenvalue weighted by Crippen LogP contribution is 2.45. The molecule has 0 radical (unpaired) electrons. The second-order valence-electron chi connectivity index (χ2n) is 5.48. The summed E-state index contributed by atoms with van der Waals surface area (Å²) in [5.41, 5.74) is 2.43. The molecule has 4 heteroatoms. The van der Waals surface area contributed by atoms with Crippen molar-refractivity contribution in [3.8, 4) is 0 Å².